The molecule has 1 aromatic carbocycles. The van der Waals surface area contributed by atoms with Crippen LogP contribution in [0.3, 0.4) is 0 Å². The van der Waals surface area contributed by atoms with Gasteiger partial charge in [-0.15, -0.1) is 10.2 Å². The average molecular weight is 318 g/mol. The summed E-state index contributed by atoms with van der Waals surface area (Å²) in [6.07, 6.45) is 1.88. The number of carbonyl (C=O) groups is 1. The quantitative estimate of drug-likeness (QED) is 0.801. The molecule has 3 aromatic rings. The molecule has 2 heterocycles. The minimum atomic E-state index is -0.0851. The van der Waals surface area contributed by atoms with Gasteiger partial charge in [0, 0.05) is 23.8 Å². The second kappa shape index (κ2) is 5.81. The van der Waals surface area contributed by atoms with E-state index < -0.39 is 0 Å². The molecule has 1 amide bonds. The van der Waals surface area contributed by atoms with Gasteiger partial charge in [-0.1, -0.05) is 17.7 Å². The van der Waals surface area contributed by atoms with E-state index in [4.69, 9.17) is 11.6 Å². The maximum absolute atomic E-state index is 12.1. The third-order valence-corrected chi connectivity index (χ3v) is 3.91. The number of nitrogens with zero attached hydrogens (tertiary/aromatic N) is 4. The standard InChI is InChI=1S/C15H16ClN5O/c1-10-18-19-14(20(10)2)8-17-15(22)9-21-6-5-11-3-4-12(16)7-13(11)21/h3-7H,8-9H2,1-2H3,(H,17,22). The highest BCUT2D eigenvalue weighted by atomic mass is 35.5. The Morgan fingerprint density at radius 3 is 2.86 bits per heavy atom. The summed E-state index contributed by atoms with van der Waals surface area (Å²) in [7, 11) is 1.87. The van der Waals surface area contributed by atoms with Crippen molar-refractivity contribution in [3.05, 3.63) is 47.1 Å². The Balaban J connectivity index is 1.68. The second-order valence-electron chi connectivity index (χ2n) is 5.15. The zero-order chi connectivity index (χ0) is 15.7. The summed E-state index contributed by atoms with van der Waals surface area (Å²) < 4.78 is 3.73. The van der Waals surface area contributed by atoms with Gasteiger partial charge in [0.2, 0.25) is 5.91 Å². The van der Waals surface area contributed by atoms with E-state index in [2.05, 4.69) is 15.5 Å². The van der Waals surface area contributed by atoms with Crippen LogP contribution in [-0.4, -0.2) is 25.2 Å². The topological polar surface area (TPSA) is 64.7 Å². The minimum Gasteiger partial charge on any atom is -0.347 e. The van der Waals surface area contributed by atoms with E-state index >= 15 is 0 Å². The minimum absolute atomic E-state index is 0.0851. The van der Waals surface area contributed by atoms with E-state index in [0.717, 1.165) is 22.6 Å². The summed E-state index contributed by atoms with van der Waals surface area (Å²) in [4.78, 5) is 12.1. The highest BCUT2D eigenvalue weighted by Gasteiger charge is 2.09. The number of aromatic nitrogens is 4. The smallest absolute Gasteiger partial charge is 0.240 e. The summed E-state index contributed by atoms with van der Waals surface area (Å²) in [6.45, 7) is 2.46. The first-order chi connectivity index (χ1) is 10.5. The van der Waals surface area contributed by atoms with Crippen molar-refractivity contribution < 1.29 is 4.79 Å². The van der Waals surface area contributed by atoms with Crippen LogP contribution >= 0.6 is 11.6 Å². The number of hydrogen-bond donors (Lipinski definition) is 1. The summed E-state index contributed by atoms with van der Waals surface area (Å²) in [5.41, 5.74) is 0.942. The molecule has 0 radical (unpaired) electrons. The molecule has 0 aliphatic rings. The van der Waals surface area contributed by atoms with Crippen molar-refractivity contribution in [3.8, 4) is 0 Å². The van der Waals surface area contributed by atoms with Gasteiger partial charge >= 0.3 is 0 Å². The molecular weight excluding hydrogens is 302 g/mol. The van der Waals surface area contributed by atoms with E-state index in [1.165, 1.54) is 0 Å². The summed E-state index contributed by atoms with van der Waals surface area (Å²) in [5, 5.41) is 12.5. The van der Waals surface area contributed by atoms with Crippen molar-refractivity contribution >= 4 is 28.4 Å². The molecule has 0 aliphatic carbocycles. The highest BCUT2D eigenvalue weighted by Crippen LogP contribution is 2.20. The van der Waals surface area contributed by atoms with Crippen molar-refractivity contribution in [3.63, 3.8) is 0 Å². The van der Waals surface area contributed by atoms with E-state index in [0.29, 0.717) is 11.6 Å². The fourth-order valence-corrected chi connectivity index (χ4v) is 2.45. The Morgan fingerprint density at radius 1 is 1.32 bits per heavy atom. The lowest BCUT2D eigenvalue weighted by Gasteiger charge is -2.07. The maximum atomic E-state index is 12.1. The van der Waals surface area contributed by atoms with E-state index in [1.807, 2.05) is 53.6 Å². The predicted molar refractivity (Wildman–Crippen MR) is 84.5 cm³/mol. The zero-order valence-corrected chi connectivity index (χ0v) is 13.1. The number of nitrogens with one attached hydrogen (secondary N) is 1. The number of carbonyl (C=O) groups excluding carboxylic acids is 1. The third-order valence-electron chi connectivity index (χ3n) is 3.68. The van der Waals surface area contributed by atoms with Crippen molar-refractivity contribution in [2.75, 3.05) is 0 Å². The van der Waals surface area contributed by atoms with Crippen LogP contribution in [0.15, 0.2) is 30.5 Å². The van der Waals surface area contributed by atoms with Crippen molar-refractivity contribution in [1.29, 1.82) is 0 Å². The van der Waals surface area contributed by atoms with Gasteiger partial charge in [0.1, 0.15) is 12.4 Å². The maximum Gasteiger partial charge on any atom is 0.240 e. The molecule has 0 atom stereocenters. The Kier molecular flexibility index (Phi) is 3.85. The van der Waals surface area contributed by atoms with Gasteiger partial charge in [-0.2, -0.15) is 0 Å². The highest BCUT2D eigenvalue weighted by molar-refractivity contribution is 6.31. The van der Waals surface area contributed by atoms with Crippen LogP contribution in [0.2, 0.25) is 5.02 Å². The summed E-state index contributed by atoms with van der Waals surface area (Å²) in [6, 6.07) is 7.60. The van der Waals surface area contributed by atoms with Gasteiger partial charge in [0.15, 0.2) is 5.82 Å². The van der Waals surface area contributed by atoms with Crippen molar-refractivity contribution in [2.45, 2.75) is 20.0 Å². The average Bonchev–Trinajstić information content (AvgIpc) is 3.02. The second-order valence-corrected chi connectivity index (χ2v) is 5.58. The van der Waals surface area contributed by atoms with Crippen LogP contribution in [0.5, 0.6) is 0 Å². The molecule has 2 aromatic heterocycles. The number of halogens is 1. The summed E-state index contributed by atoms with van der Waals surface area (Å²) in [5.74, 6) is 1.46. The fourth-order valence-electron chi connectivity index (χ4n) is 2.29. The molecule has 0 saturated carbocycles. The number of amides is 1. The molecule has 22 heavy (non-hydrogen) atoms. The molecule has 0 unspecified atom stereocenters. The van der Waals surface area contributed by atoms with Crippen LogP contribution in [-0.2, 0) is 24.9 Å². The van der Waals surface area contributed by atoms with Crippen LogP contribution in [0.4, 0.5) is 0 Å². The normalized spacial score (nSPS) is 11.0. The molecule has 0 saturated heterocycles. The van der Waals surface area contributed by atoms with Gasteiger partial charge in [-0.05, 0) is 30.5 Å². The lowest BCUT2D eigenvalue weighted by molar-refractivity contribution is -0.121. The fraction of sp³-hybridized carbons (Fsp3) is 0.267. The van der Waals surface area contributed by atoms with E-state index in [1.54, 1.807) is 0 Å². The number of rotatable bonds is 4. The molecule has 6 nitrogen and oxygen atoms in total. The summed E-state index contributed by atoms with van der Waals surface area (Å²) >= 11 is 6.01. The van der Waals surface area contributed by atoms with Crippen molar-refractivity contribution in [2.24, 2.45) is 7.05 Å². The van der Waals surface area contributed by atoms with Gasteiger partial charge < -0.3 is 14.5 Å². The monoisotopic (exact) mass is 317 g/mol. The lowest BCUT2D eigenvalue weighted by Crippen LogP contribution is -2.28. The first-order valence-corrected chi connectivity index (χ1v) is 7.28. The number of benzene rings is 1. The largest absolute Gasteiger partial charge is 0.347 e. The van der Waals surface area contributed by atoms with Gasteiger partial charge in [-0.3, -0.25) is 4.79 Å². The molecule has 0 fully saturated rings. The molecular formula is C15H16ClN5O. The molecule has 3 rings (SSSR count). The SMILES string of the molecule is Cc1nnc(CNC(=O)Cn2ccc3ccc(Cl)cc32)n1C. The van der Waals surface area contributed by atoms with Gasteiger partial charge in [0.05, 0.1) is 6.54 Å². The first kappa shape index (κ1) is 14.6. The zero-order valence-electron chi connectivity index (χ0n) is 12.4. The Labute approximate surface area is 132 Å². The van der Waals surface area contributed by atoms with E-state index in [9.17, 15) is 4.79 Å². The van der Waals surface area contributed by atoms with Crippen LogP contribution in [0.1, 0.15) is 11.6 Å². The Bertz CT molecular complexity index is 836. The molecule has 0 aliphatic heterocycles. The molecule has 0 spiro atoms. The lowest BCUT2D eigenvalue weighted by atomic mass is 10.2. The molecule has 1 N–H and O–H groups in total. The van der Waals surface area contributed by atoms with Crippen LogP contribution in [0, 0.1) is 6.92 Å². The number of aryl methyl sites for hydroxylation is 1. The molecule has 114 valence electrons. The Hall–Kier alpha value is -2.34. The Morgan fingerprint density at radius 2 is 2.14 bits per heavy atom. The molecule has 0 bridgehead atoms. The van der Waals surface area contributed by atoms with Gasteiger partial charge in [0.25, 0.3) is 0 Å². The third kappa shape index (κ3) is 2.82. The van der Waals surface area contributed by atoms with Crippen molar-refractivity contribution in [1.82, 2.24) is 24.6 Å². The molecule has 7 heteroatoms. The van der Waals surface area contributed by atoms with Gasteiger partial charge in [-0.25, -0.2) is 0 Å². The predicted octanol–water partition coefficient (Wildman–Crippen LogP) is 2.05. The van der Waals surface area contributed by atoms with E-state index in [-0.39, 0.29) is 12.5 Å². The van der Waals surface area contributed by atoms with Crippen LogP contribution < -0.4 is 5.32 Å². The van der Waals surface area contributed by atoms with Crippen LogP contribution in [0.25, 0.3) is 10.9 Å². The number of fused-ring (bicyclic) bond motifs is 1. The number of hydrogen-bond acceptors (Lipinski definition) is 3. The first-order valence-electron chi connectivity index (χ1n) is 6.90.